The van der Waals surface area contributed by atoms with Crippen molar-refractivity contribution in [1.82, 2.24) is 5.32 Å². The van der Waals surface area contributed by atoms with Crippen molar-refractivity contribution in [2.45, 2.75) is 26.7 Å². The lowest BCUT2D eigenvalue weighted by molar-refractivity contribution is -0.121. The maximum Gasteiger partial charge on any atom is 0.220 e. The normalized spacial score (nSPS) is 10.3. The van der Waals surface area contributed by atoms with Crippen LogP contribution >= 0.6 is 0 Å². The van der Waals surface area contributed by atoms with E-state index in [0.29, 0.717) is 32.6 Å². The molecule has 0 aromatic heterocycles. The second-order valence-corrected chi connectivity index (χ2v) is 4.56. The van der Waals surface area contributed by atoms with Gasteiger partial charge in [0.15, 0.2) is 0 Å². The van der Waals surface area contributed by atoms with Gasteiger partial charge in [0.25, 0.3) is 0 Å². The fraction of sp³-hybridized carbons (Fsp3) is 0.533. The molecule has 0 saturated carbocycles. The predicted molar refractivity (Wildman–Crippen MR) is 75.5 cm³/mol. The number of aryl methyl sites for hydroxylation is 2. The summed E-state index contributed by atoms with van der Waals surface area (Å²) in [6.45, 7) is 5.75. The van der Waals surface area contributed by atoms with Crippen LogP contribution in [-0.4, -0.2) is 32.8 Å². The smallest absolute Gasteiger partial charge is 0.220 e. The van der Waals surface area contributed by atoms with Crippen molar-refractivity contribution in [3.63, 3.8) is 0 Å². The number of rotatable bonds is 8. The Balaban J connectivity index is 2.18. The van der Waals surface area contributed by atoms with Crippen LogP contribution < -0.4 is 10.1 Å². The van der Waals surface area contributed by atoms with Crippen molar-refractivity contribution < 1.29 is 14.3 Å². The number of methoxy groups -OCH3 is 1. The number of hydrogen-bond donors (Lipinski definition) is 1. The number of hydrogen-bond acceptors (Lipinski definition) is 3. The van der Waals surface area contributed by atoms with Gasteiger partial charge in [-0.25, -0.2) is 0 Å². The molecule has 0 bridgehead atoms. The van der Waals surface area contributed by atoms with Gasteiger partial charge in [-0.1, -0.05) is 17.7 Å². The van der Waals surface area contributed by atoms with Crippen molar-refractivity contribution in [2.75, 3.05) is 26.9 Å². The Bertz CT molecular complexity index is 404. The molecule has 1 amide bonds. The molecule has 4 heteroatoms. The second kappa shape index (κ2) is 8.53. The van der Waals surface area contributed by atoms with E-state index in [2.05, 4.69) is 18.3 Å². The van der Waals surface area contributed by atoms with E-state index in [1.54, 1.807) is 7.11 Å². The van der Waals surface area contributed by atoms with Gasteiger partial charge in [0.2, 0.25) is 5.91 Å². The first-order chi connectivity index (χ1) is 9.13. The average Bonchev–Trinajstić information content (AvgIpc) is 2.37. The molecule has 0 heterocycles. The SMILES string of the molecule is COCCNC(=O)CCCOc1ccc(C)cc1C. The standard InChI is InChI=1S/C15H23NO3/c1-12-6-7-14(13(2)11-12)19-9-4-5-15(17)16-8-10-18-3/h6-7,11H,4-5,8-10H2,1-3H3,(H,16,17). The highest BCUT2D eigenvalue weighted by atomic mass is 16.5. The highest BCUT2D eigenvalue weighted by Crippen LogP contribution is 2.18. The minimum Gasteiger partial charge on any atom is -0.493 e. The van der Waals surface area contributed by atoms with Crippen molar-refractivity contribution in [3.05, 3.63) is 29.3 Å². The molecule has 0 spiro atoms. The van der Waals surface area contributed by atoms with Crippen LogP contribution in [0, 0.1) is 13.8 Å². The van der Waals surface area contributed by atoms with E-state index in [0.717, 1.165) is 11.3 Å². The number of nitrogens with one attached hydrogen (secondary N) is 1. The molecule has 106 valence electrons. The zero-order valence-corrected chi connectivity index (χ0v) is 12.0. The molecule has 0 aliphatic rings. The second-order valence-electron chi connectivity index (χ2n) is 4.56. The molecule has 19 heavy (non-hydrogen) atoms. The van der Waals surface area contributed by atoms with Gasteiger partial charge in [0.1, 0.15) is 5.75 Å². The summed E-state index contributed by atoms with van der Waals surface area (Å²) in [5.74, 6) is 0.937. The molecule has 0 atom stereocenters. The Labute approximate surface area is 115 Å². The van der Waals surface area contributed by atoms with Crippen LogP contribution in [0.2, 0.25) is 0 Å². The highest BCUT2D eigenvalue weighted by Gasteiger charge is 2.02. The third kappa shape index (κ3) is 6.25. The van der Waals surface area contributed by atoms with Gasteiger partial charge in [-0.3, -0.25) is 4.79 Å². The molecule has 1 aromatic carbocycles. The van der Waals surface area contributed by atoms with Gasteiger partial charge in [-0.05, 0) is 31.9 Å². The van der Waals surface area contributed by atoms with E-state index < -0.39 is 0 Å². The molecule has 0 aliphatic carbocycles. The molecule has 0 radical (unpaired) electrons. The average molecular weight is 265 g/mol. The molecular formula is C15H23NO3. The Hall–Kier alpha value is -1.55. The van der Waals surface area contributed by atoms with Crippen LogP contribution in [-0.2, 0) is 9.53 Å². The van der Waals surface area contributed by atoms with Crippen molar-refractivity contribution in [3.8, 4) is 5.75 Å². The number of benzene rings is 1. The van der Waals surface area contributed by atoms with Crippen LogP contribution in [0.5, 0.6) is 5.75 Å². The Kier molecular flexibility index (Phi) is 6.97. The van der Waals surface area contributed by atoms with Gasteiger partial charge >= 0.3 is 0 Å². The summed E-state index contributed by atoms with van der Waals surface area (Å²) in [5.41, 5.74) is 2.35. The molecule has 1 N–H and O–H groups in total. The Morgan fingerprint density at radius 3 is 2.74 bits per heavy atom. The third-order valence-electron chi connectivity index (χ3n) is 2.76. The van der Waals surface area contributed by atoms with Crippen LogP contribution in [0.1, 0.15) is 24.0 Å². The number of amides is 1. The zero-order chi connectivity index (χ0) is 14.1. The van der Waals surface area contributed by atoms with E-state index in [1.807, 2.05) is 19.1 Å². The van der Waals surface area contributed by atoms with Gasteiger partial charge in [-0.2, -0.15) is 0 Å². The molecular weight excluding hydrogens is 242 g/mol. The molecule has 1 rings (SSSR count). The summed E-state index contributed by atoms with van der Waals surface area (Å²) in [6.07, 6.45) is 1.20. The molecule has 0 aliphatic heterocycles. The lowest BCUT2D eigenvalue weighted by Gasteiger charge is -2.09. The number of carbonyl (C=O) groups excluding carboxylic acids is 1. The topological polar surface area (TPSA) is 47.6 Å². The van der Waals surface area contributed by atoms with E-state index in [9.17, 15) is 4.79 Å². The summed E-state index contributed by atoms with van der Waals surface area (Å²) in [4.78, 5) is 11.4. The summed E-state index contributed by atoms with van der Waals surface area (Å²) in [5, 5.41) is 2.78. The van der Waals surface area contributed by atoms with E-state index in [1.165, 1.54) is 5.56 Å². The summed E-state index contributed by atoms with van der Waals surface area (Å²) in [6, 6.07) is 6.09. The van der Waals surface area contributed by atoms with E-state index >= 15 is 0 Å². The van der Waals surface area contributed by atoms with Gasteiger partial charge in [-0.15, -0.1) is 0 Å². The molecule has 1 aromatic rings. The summed E-state index contributed by atoms with van der Waals surface area (Å²) >= 11 is 0. The van der Waals surface area contributed by atoms with Crippen LogP contribution in [0.25, 0.3) is 0 Å². The fourth-order valence-corrected chi connectivity index (χ4v) is 1.76. The first kappa shape index (κ1) is 15.5. The summed E-state index contributed by atoms with van der Waals surface area (Å²) < 4.78 is 10.5. The molecule has 0 saturated heterocycles. The quantitative estimate of drug-likeness (QED) is 0.733. The lowest BCUT2D eigenvalue weighted by Crippen LogP contribution is -2.26. The minimum absolute atomic E-state index is 0.0429. The van der Waals surface area contributed by atoms with Crippen molar-refractivity contribution in [2.24, 2.45) is 0 Å². The van der Waals surface area contributed by atoms with Crippen molar-refractivity contribution >= 4 is 5.91 Å². The summed E-state index contributed by atoms with van der Waals surface area (Å²) in [7, 11) is 1.61. The van der Waals surface area contributed by atoms with E-state index in [4.69, 9.17) is 9.47 Å². The Morgan fingerprint density at radius 2 is 2.05 bits per heavy atom. The van der Waals surface area contributed by atoms with Gasteiger partial charge in [0.05, 0.1) is 13.2 Å². The monoisotopic (exact) mass is 265 g/mol. The highest BCUT2D eigenvalue weighted by molar-refractivity contribution is 5.75. The predicted octanol–water partition coefficient (Wildman–Crippen LogP) is 2.23. The van der Waals surface area contributed by atoms with Gasteiger partial charge in [0, 0.05) is 20.1 Å². The maximum atomic E-state index is 11.4. The molecule has 4 nitrogen and oxygen atoms in total. The third-order valence-corrected chi connectivity index (χ3v) is 2.76. The largest absolute Gasteiger partial charge is 0.493 e. The fourth-order valence-electron chi connectivity index (χ4n) is 1.76. The number of ether oxygens (including phenoxy) is 2. The van der Waals surface area contributed by atoms with Crippen LogP contribution in [0.3, 0.4) is 0 Å². The first-order valence-corrected chi connectivity index (χ1v) is 6.59. The van der Waals surface area contributed by atoms with Crippen LogP contribution in [0.4, 0.5) is 0 Å². The zero-order valence-electron chi connectivity index (χ0n) is 12.0. The van der Waals surface area contributed by atoms with Crippen molar-refractivity contribution in [1.29, 1.82) is 0 Å². The Morgan fingerprint density at radius 1 is 1.26 bits per heavy atom. The minimum atomic E-state index is 0.0429. The number of carbonyl (C=O) groups is 1. The molecule has 0 fully saturated rings. The van der Waals surface area contributed by atoms with Gasteiger partial charge < -0.3 is 14.8 Å². The van der Waals surface area contributed by atoms with Crippen LogP contribution in [0.15, 0.2) is 18.2 Å². The molecule has 0 unspecified atom stereocenters. The lowest BCUT2D eigenvalue weighted by atomic mass is 10.1. The van der Waals surface area contributed by atoms with E-state index in [-0.39, 0.29) is 5.91 Å². The maximum absolute atomic E-state index is 11.4. The first-order valence-electron chi connectivity index (χ1n) is 6.59.